The van der Waals surface area contributed by atoms with Gasteiger partial charge in [0, 0.05) is 5.02 Å². The Morgan fingerprint density at radius 2 is 1.81 bits per heavy atom. The normalized spacial score (nSPS) is 12.8. The molecule has 0 radical (unpaired) electrons. The summed E-state index contributed by atoms with van der Waals surface area (Å²) < 4.78 is 16.5. The van der Waals surface area contributed by atoms with E-state index in [1.54, 1.807) is 31.4 Å². The Morgan fingerprint density at radius 3 is 2.42 bits per heavy atom. The van der Waals surface area contributed by atoms with Crippen molar-refractivity contribution >= 4 is 17.5 Å². The number of carbonyl (C=O) groups excluding carboxylic acids is 1. The molecular weight excluding hydrogens is 354 g/mol. The molecule has 2 atom stereocenters. The monoisotopic (exact) mass is 377 g/mol. The van der Waals surface area contributed by atoms with Crippen molar-refractivity contribution in [3.63, 3.8) is 0 Å². The van der Waals surface area contributed by atoms with Crippen molar-refractivity contribution in [3.05, 3.63) is 53.6 Å². The molecule has 0 heterocycles. The number of methoxy groups -OCH3 is 1. The lowest BCUT2D eigenvalue weighted by Crippen LogP contribution is -2.44. The standard InChI is InChI=1S/C20H24ClNO4/c1-4-19(26-18-7-5-6-15(21)12-18)20(23)22-14(2)13-25-17-10-8-16(24-3)9-11-17/h5-12,14,19H,4,13H2,1-3H3,(H,22,23)/t14-,19+/m1/s1. The Balaban J connectivity index is 1.83. The molecule has 5 nitrogen and oxygen atoms in total. The highest BCUT2D eigenvalue weighted by Gasteiger charge is 2.20. The summed E-state index contributed by atoms with van der Waals surface area (Å²) in [5.74, 6) is 1.87. The van der Waals surface area contributed by atoms with Crippen LogP contribution >= 0.6 is 11.6 Å². The fraction of sp³-hybridized carbons (Fsp3) is 0.350. The SMILES string of the molecule is CC[C@H](Oc1cccc(Cl)c1)C(=O)N[C@H](C)COc1ccc(OC)cc1. The maximum absolute atomic E-state index is 12.4. The number of hydrogen-bond acceptors (Lipinski definition) is 4. The van der Waals surface area contributed by atoms with Crippen LogP contribution in [0.4, 0.5) is 0 Å². The minimum absolute atomic E-state index is 0.165. The van der Waals surface area contributed by atoms with E-state index in [2.05, 4.69) is 5.32 Å². The molecule has 0 unspecified atom stereocenters. The van der Waals surface area contributed by atoms with Crippen LogP contribution in [0.3, 0.4) is 0 Å². The predicted octanol–water partition coefficient (Wildman–Crippen LogP) is 4.09. The van der Waals surface area contributed by atoms with Gasteiger partial charge in [0.2, 0.25) is 0 Å². The summed E-state index contributed by atoms with van der Waals surface area (Å²) in [4.78, 5) is 12.4. The van der Waals surface area contributed by atoms with Gasteiger partial charge in [-0.15, -0.1) is 0 Å². The molecule has 0 aliphatic heterocycles. The molecule has 0 bridgehead atoms. The molecule has 26 heavy (non-hydrogen) atoms. The van der Waals surface area contributed by atoms with Gasteiger partial charge in [-0.25, -0.2) is 0 Å². The summed E-state index contributed by atoms with van der Waals surface area (Å²) in [6.45, 7) is 4.13. The molecule has 140 valence electrons. The first-order valence-electron chi connectivity index (χ1n) is 8.51. The molecule has 1 amide bonds. The summed E-state index contributed by atoms with van der Waals surface area (Å²) in [7, 11) is 1.61. The number of hydrogen-bond donors (Lipinski definition) is 1. The maximum Gasteiger partial charge on any atom is 0.261 e. The highest BCUT2D eigenvalue weighted by atomic mass is 35.5. The highest BCUT2D eigenvalue weighted by Crippen LogP contribution is 2.19. The van der Waals surface area contributed by atoms with Crippen LogP contribution in [0.15, 0.2) is 48.5 Å². The Hall–Kier alpha value is -2.40. The van der Waals surface area contributed by atoms with Crippen LogP contribution in [0.1, 0.15) is 20.3 Å². The molecule has 6 heteroatoms. The van der Waals surface area contributed by atoms with Gasteiger partial charge in [-0.2, -0.15) is 0 Å². The number of ether oxygens (including phenoxy) is 3. The van der Waals surface area contributed by atoms with Crippen molar-refractivity contribution < 1.29 is 19.0 Å². The molecule has 0 saturated carbocycles. The fourth-order valence-corrected chi connectivity index (χ4v) is 2.48. The zero-order valence-electron chi connectivity index (χ0n) is 15.2. The summed E-state index contributed by atoms with van der Waals surface area (Å²) in [5, 5.41) is 3.48. The zero-order valence-corrected chi connectivity index (χ0v) is 16.0. The van der Waals surface area contributed by atoms with Gasteiger partial charge in [-0.1, -0.05) is 24.6 Å². The fourth-order valence-electron chi connectivity index (χ4n) is 2.30. The third kappa shape index (κ3) is 6.15. The number of rotatable bonds is 9. The molecule has 2 aromatic rings. The summed E-state index contributed by atoms with van der Waals surface area (Å²) in [6, 6.07) is 14.1. The van der Waals surface area contributed by atoms with E-state index in [4.69, 9.17) is 25.8 Å². The number of nitrogens with one attached hydrogen (secondary N) is 1. The van der Waals surface area contributed by atoms with Crippen molar-refractivity contribution in [2.24, 2.45) is 0 Å². The molecule has 1 N–H and O–H groups in total. The van der Waals surface area contributed by atoms with Gasteiger partial charge in [-0.05, 0) is 55.8 Å². The van der Waals surface area contributed by atoms with Crippen molar-refractivity contribution in [2.75, 3.05) is 13.7 Å². The summed E-state index contributed by atoms with van der Waals surface area (Å²) in [6.07, 6.45) is -0.0402. The van der Waals surface area contributed by atoms with Gasteiger partial charge in [0.15, 0.2) is 6.10 Å². The molecule has 0 fully saturated rings. The van der Waals surface area contributed by atoms with Gasteiger partial charge in [0.1, 0.15) is 23.9 Å². The molecule has 0 aromatic heterocycles. The number of amides is 1. The van der Waals surface area contributed by atoms with E-state index >= 15 is 0 Å². The Labute approximate surface area is 159 Å². The van der Waals surface area contributed by atoms with Crippen molar-refractivity contribution in [2.45, 2.75) is 32.4 Å². The van der Waals surface area contributed by atoms with E-state index in [0.717, 1.165) is 5.75 Å². The van der Waals surface area contributed by atoms with Crippen LogP contribution in [-0.4, -0.2) is 31.8 Å². The maximum atomic E-state index is 12.4. The van der Waals surface area contributed by atoms with E-state index in [1.807, 2.05) is 38.1 Å². The molecule has 0 spiro atoms. The van der Waals surface area contributed by atoms with E-state index in [9.17, 15) is 4.79 Å². The van der Waals surface area contributed by atoms with Crippen LogP contribution in [-0.2, 0) is 4.79 Å². The molecule has 0 aliphatic carbocycles. The Bertz CT molecular complexity index is 705. The van der Waals surface area contributed by atoms with Crippen molar-refractivity contribution in [3.8, 4) is 17.2 Å². The number of benzene rings is 2. The lowest BCUT2D eigenvalue weighted by molar-refractivity contribution is -0.128. The van der Waals surface area contributed by atoms with Crippen LogP contribution < -0.4 is 19.5 Å². The van der Waals surface area contributed by atoms with E-state index in [1.165, 1.54) is 0 Å². The van der Waals surface area contributed by atoms with Crippen molar-refractivity contribution in [1.82, 2.24) is 5.32 Å². The molecule has 0 saturated heterocycles. The van der Waals surface area contributed by atoms with Crippen LogP contribution in [0.5, 0.6) is 17.2 Å². The average Bonchev–Trinajstić information content (AvgIpc) is 2.64. The lowest BCUT2D eigenvalue weighted by Gasteiger charge is -2.21. The van der Waals surface area contributed by atoms with Crippen LogP contribution in [0.2, 0.25) is 5.02 Å². The molecule has 2 rings (SSSR count). The van der Waals surface area contributed by atoms with Gasteiger partial charge >= 0.3 is 0 Å². The first-order valence-corrected chi connectivity index (χ1v) is 8.89. The summed E-state index contributed by atoms with van der Waals surface area (Å²) >= 11 is 5.95. The number of halogens is 1. The first-order chi connectivity index (χ1) is 12.5. The van der Waals surface area contributed by atoms with Gasteiger partial charge < -0.3 is 19.5 Å². The van der Waals surface area contributed by atoms with E-state index < -0.39 is 6.10 Å². The lowest BCUT2D eigenvalue weighted by atomic mass is 10.2. The molecular formula is C20H24ClNO4. The van der Waals surface area contributed by atoms with Gasteiger partial charge in [0.25, 0.3) is 5.91 Å². The third-order valence-corrected chi connectivity index (χ3v) is 3.92. The van der Waals surface area contributed by atoms with Crippen LogP contribution in [0.25, 0.3) is 0 Å². The largest absolute Gasteiger partial charge is 0.497 e. The molecule has 0 aliphatic rings. The van der Waals surface area contributed by atoms with Crippen LogP contribution in [0, 0.1) is 0 Å². The summed E-state index contributed by atoms with van der Waals surface area (Å²) in [5.41, 5.74) is 0. The topological polar surface area (TPSA) is 56.8 Å². The van der Waals surface area contributed by atoms with E-state index in [0.29, 0.717) is 29.5 Å². The van der Waals surface area contributed by atoms with Crippen molar-refractivity contribution in [1.29, 1.82) is 0 Å². The quantitative estimate of drug-likeness (QED) is 0.715. The van der Waals surface area contributed by atoms with Gasteiger partial charge in [0.05, 0.1) is 13.2 Å². The Kier molecular flexibility index (Phi) is 7.60. The Morgan fingerprint density at radius 1 is 1.12 bits per heavy atom. The number of carbonyl (C=O) groups is 1. The predicted molar refractivity (Wildman–Crippen MR) is 102 cm³/mol. The zero-order chi connectivity index (χ0) is 18.9. The first kappa shape index (κ1) is 19.9. The highest BCUT2D eigenvalue weighted by molar-refractivity contribution is 6.30. The molecule has 2 aromatic carbocycles. The van der Waals surface area contributed by atoms with E-state index in [-0.39, 0.29) is 11.9 Å². The van der Waals surface area contributed by atoms with Gasteiger partial charge in [-0.3, -0.25) is 4.79 Å². The second kappa shape index (κ2) is 9.92. The second-order valence-electron chi connectivity index (χ2n) is 5.87. The average molecular weight is 378 g/mol. The second-order valence-corrected chi connectivity index (χ2v) is 6.30. The minimum atomic E-state index is -0.586. The third-order valence-electron chi connectivity index (χ3n) is 3.69. The smallest absolute Gasteiger partial charge is 0.261 e. The minimum Gasteiger partial charge on any atom is -0.497 e.